The highest BCUT2D eigenvalue weighted by Crippen LogP contribution is 2.35. The van der Waals surface area contributed by atoms with Crippen LogP contribution in [0.15, 0.2) is 153 Å². The molecule has 0 bridgehead atoms. The normalized spacial score (nSPS) is 12.0. The number of hydrogen-bond donors (Lipinski definition) is 0. The van der Waals surface area contributed by atoms with Crippen LogP contribution in [0.2, 0.25) is 0 Å². The van der Waals surface area contributed by atoms with Gasteiger partial charge in [-0.05, 0) is 107 Å². The molecule has 0 saturated carbocycles. The Morgan fingerprint density at radius 1 is 0.400 bits per heavy atom. The molecule has 0 radical (unpaired) electrons. The van der Waals surface area contributed by atoms with Crippen molar-refractivity contribution in [3.63, 3.8) is 0 Å². The zero-order valence-electron chi connectivity index (χ0n) is 28.6. The van der Waals surface area contributed by atoms with Gasteiger partial charge in [0.25, 0.3) is 0 Å². The number of nitriles is 1. The first-order valence-electron chi connectivity index (χ1n) is 17.6. The molecule has 0 unspecified atom stereocenters. The van der Waals surface area contributed by atoms with Crippen molar-refractivity contribution in [3.8, 4) is 28.3 Å². The summed E-state index contributed by atoms with van der Waals surface area (Å²) in [5.41, 5.74) is 5.00. The van der Waals surface area contributed by atoms with Gasteiger partial charge in [-0.1, -0.05) is 48.5 Å². The molecule has 0 atom stereocenters. The second kappa shape index (κ2) is 10.9. The zero-order chi connectivity index (χ0) is 37.3. The summed E-state index contributed by atoms with van der Waals surface area (Å²) in [5.74, 6) is -0.405. The summed E-state index contributed by atoms with van der Waals surface area (Å²) in [6.45, 7) is 0. The minimum atomic E-state index is -0.405. The number of para-hydroxylation sites is 2. The molecule has 11 aromatic rings. The van der Waals surface area contributed by atoms with E-state index in [4.69, 9.17) is 0 Å². The van der Waals surface area contributed by atoms with E-state index in [1.165, 1.54) is 12.1 Å². The fraction of sp³-hybridized carbons (Fsp3) is 0. The van der Waals surface area contributed by atoms with Crippen LogP contribution in [0.5, 0.6) is 0 Å². The lowest BCUT2D eigenvalue weighted by molar-refractivity contribution is 0.628. The first-order chi connectivity index (χ1) is 26.8. The molecule has 4 aromatic heterocycles. The number of fused-ring (bicyclic) bond motifs is 8. The second-order valence-electron chi connectivity index (χ2n) is 13.9. The van der Waals surface area contributed by atoms with Crippen molar-refractivity contribution in [1.29, 1.82) is 5.26 Å². The van der Waals surface area contributed by atoms with E-state index in [1.807, 2.05) is 39.1 Å². The summed E-state index contributed by atoms with van der Waals surface area (Å²) >= 11 is 0. The van der Waals surface area contributed by atoms with Gasteiger partial charge in [0.05, 0.1) is 44.7 Å². The summed E-state index contributed by atoms with van der Waals surface area (Å²) in [4.78, 5) is 58.1. The van der Waals surface area contributed by atoms with Gasteiger partial charge in [-0.15, -0.1) is 0 Å². The van der Waals surface area contributed by atoms with E-state index in [0.717, 1.165) is 5.56 Å². The van der Waals surface area contributed by atoms with Crippen LogP contribution >= 0.6 is 0 Å². The van der Waals surface area contributed by atoms with Gasteiger partial charge >= 0.3 is 0 Å². The molecule has 7 aromatic carbocycles. The summed E-state index contributed by atoms with van der Waals surface area (Å²) in [5, 5.41) is 12.1. The summed E-state index contributed by atoms with van der Waals surface area (Å²) < 4.78 is 17.8. The van der Waals surface area contributed by atoms with E-state index in [1.54, 1.807) is 91.0 Å². The minimum absolute atomic E-state index is 0.220. The first-order valence-corrected chi connectivity index (χ1v) is 17.6. The maximum Gasteiger partial charge on any atom is 0.197 e. The SMILES string of the molecule is N#Cc1ccc(-c2cc3c(=O)c4ccccc4n4c5cc6c(cc5c(=O)c(c2)c34)c(=O)c2cc(-c3ccc(F)cc3)cc3c(=O)c4ccccc4n6c32)cc1. The van der Waals surface area contributed by atoms with Gasteiger partial charge in [0.1, 0.15) is 5.82 Å². The number of rotatable bonds is 2. The minimum Gasteiger partial charge on any atom is -0.307 e. The van der Waals surface area contributed by atoms with Crippen LogP contribution in [0.1, 0.15) is 5.56 Å². The molecule has 55 heavy (non-hydrogen) atoms. The Labute approximate surface area is 307 Å². The van der Waals surface area contributed by atoms with E-state index in [2.05, 4.69) is 6.07 Å². The summed E-state index contributed by atoms with van der Waals surface area (Å²) in [6.07, 6.45) is 0. The van der Waals surface area contributed by atoms with E-state index in [-0.39, 0.29) is 37.9 Å². The topological polar surface area (TPSA) is 101 Å². The Kier molecular flexibility index (Phi) is 6.10. The number of benzene rings is 7. The van der Waals surface area contributed by atoms with Gasteiger partial charge in [-0.25, -0.2) is 4.39 Å². The van der Waals surface area contributed by atoms with Gasteiger partial charge < -0.3 is 8.80 Å². The van der Waals surface area contributed by atoms with Crippen LogP contribution in [0.4, 0.5) is 4.39 Å². The molecular weight excluding hydrogens is 690 g/mol. The molecule has 11 rings (SSSR count). The lowest BCUT2D eigenvalue weighted by Crippen LogP contribution is -2.17. The quantitative estimate of drug-likeness (QED) is 0.132. The molecule has 0 aliphatic heterocycles. The maximum absolute atomic E-state index is 14.8. The smallest absolute Gasteiger partial charge is 0.197 e. The molecule has 256 valence electrons. The molecular formula is C47H22FN3O4. The van der Waals surface area contributed by atoms with Crippen LogP contribution in [-0.4, -0.2) is 8.80 Å². The van der Waals surface area contributed by atoms with E-state index < -0.39 is 5.82 Å². The molecule has 7 nitrogen and oxygen atoms in total. The number of hydrogen-bond acceptors (Lipinski definition) is 5. The number of pyridine rings is 4. The van der Waals surface area contributed by atoms with Gasteiger partial charge in [-0.3, -0.25) is 19.2 Å². The standard InChI is InChI=1S/C47H22FN3O4/c48-29-15-13-26(14-16-29)28-18-35-43-37(20-28)47(55)33-21-32-40(22-41(33)51(43)39-8-4-2-6-31(39)45(35)53)50-38-7-3-1-5-30(38)44(52)34-17-27(19-36(42(34)50)46(32)54)25-11-9-24(23-49)10-12-25/h1-22H. The number of nitrogens with zero attached hydrogens (tertiary/aromatic N) is 3. The largest absolute Gasteiger partial charge is 0.307 e. The Morgan fingerprint density at radius 2 is 0.800 bits per heavy atom. The van der Waals surface area contributed by atoms with Gasteiger partial charge in [0.15, 0.2) is 21.7 Å². The fourth-order valence-electron chi connectivity index (χ4n) is 8.51. The van der Waals surface area contributed by atoms with Crippen molar-refractivity contribution in [1.82, 2.24) is 8.80 Å². The molecule has 0 fully saturated rings. The molecule has 0 aliphatic carbocycles. The molecule has 4 heterocycles. The molecule has 0 spiro atoms. The molecule has 0 amide bonds. The predicted molar refractivity (Wildman–Crippen MR) is 216 cm³/mol. The molecule has 0 N–H and O–H groups in total. The fourth-order valence-corrected chi connectivity index (χ4v) is 8.51. The van der Waals surface area contributed by atoms with Crippen molar-refractivity contribution in [2.75, 3.05) is 0 Å². The number of aromatic nitrogens is 2. The Bertz CT molecular complexity index is 3810. The third-order valence-corrected chi connectivity index (χ3v) is 11.0. The van der Waals surface area contributed by atoms with Gasteiger partial charge in [0.2, 0.25) is 0 Å². The summed E-state index contributed by atoms with van der Waals surface area (Å²) in [7, 11) is 0. The number of halogens is 1. The first kappa shape index (κ1) is 30.8. The third kappa shape index (κ3) is 4.12. The van der Waals surface area contributed by atoms with Crippen LogP contribution < -0.4 is 21.7 Å². The van der Waals surface area contributed by atoms with Crippen LogP contribution in [0.25, 0.3) is 98.4 Å². The van der Waals surface area contributed by atoms with Crippen molar-refractivity contribution in [2.45, 2.75) is 0 Å². The Morgan fingerprint density at radius 3 is 1.24 bits per heavy atom. The van der Waals surface area contributed by atoms with Crippen molar-refractivity contribution < 1.29 is 4.39 Å². The molecule has 0 aliphatic rings. The molecule has 0 saturated heterocycles. The van der Waals surface area contributed by atoms with Crippen LogP contribution in [-0.2, 0) is 0 Å². The van der Waals surface area contributed by atoms with Crippen LogP contribution in [0, 0.1) is 17.1 Å². The average molecular weight is 712 g/mol. The van der Waals surface area contributed by atoms with Crippen LogP contribution in [0.3, 0.4) is 0 Å². The highest BCUT2D eigenvalue weighted by Gasteiger charge is 2.23. The lowest BCUT2D eigenvalue weighted by Gasteiger charge is -2.18. The van der Waals surface area contributed by atoms with Crippen molar-refractivity contribution in [3.05, 3.63) is 186 Å². The van der Waals surface area contributed by atoms with Gasteiger partial charge in [-0.2, -0.15) is 5.26 Å². The zero-order valence-corrected chi connectivity index (χ0v) is 28.6. The van der Waals surface area contributed by atoms with E-state index in [0.29, 0.717) is 82.3 Å². The van der Waals surface area contributed by atoms with Crippen molar-refractivity contribution in [2.24, 2.45) is 0 Å². The predicted octanol–water partition coefficient (Wildman–Crippen LogP) is 8.77. The van der Waals surface area contributed by atoms with E-state index >= 15 is 0 Å². The van der Waals surface area contributed by atoms with Gasteiger partial charge in [0, 0.05) is 43.1 Å². The monoisotopic (exact) mass is 711 g/mol. The Hall–Kier alpha value is -7.76. The highest BCUT2D eigenvalue weighted by atomic mass is 19.1. The molecule has 8 heteroatoms. The lowest BCUT2D eigenvalue weighted by atomic mass is 9.95. The summed E-state index contributed by atoms with van der Waals surface area (Å²) in [6, 6.07) is 39.9. The maximum atomic E-state index is 14.8. The van der Waals surface area contributed by atoms with Crippen molar-refractivity contribution >= 4 is 76.2 Å². The Balaban J connectivity index is 1.37. The highest BCUT2D eigenvalue weighted by molar-refractivity contribution is 6.14. The van der Waals surface area contributed by atoms with E-state index in [9.17, 15) is 28.8 Å². The third-order valence-electron chi connectivity index (χ3n) is 11.0. The average Bonchev–Trinajstić information content (AvgIpc) is 3.22. The second-order valence-corrected chi connectivity index (χ2v) is 13.9.